The Labute approximate surface area is 164 Å². The van der Waals surface area contributed by atoms with Gasteiger partial charge in [0, 0.05) is 32.3 Å². The maximum Gasteiger partial charge on any atom is 0.225 e. The van der Waals surface area contributed by atoms with Gasteiger partial charge in [0.1, 0.15) is 5.82 Å². The molecule has 7 heteroatoms. The number of nitrogens with zero attached hydrogens (tertiary/aromatic N) is 4. The van der Waals surface area contributed by atoms with Crippen LogP contribution in [0.5, 0.6) is 0 Å². The smallest absolute Gasteiger partial charge is 0.225 e. The lowest BCUT2D eigenvalue weighted by molar-refractivity contribution is -0.132. The van der Waals surface area contributed by atoms with Crippen LogP contribution < -0.4 is 4.90 Å². The number of carbonyl (C=O) groups is 1. The zero-order valence-corrected chi connectivity index (χ0v) is 16.2. The first-order valence-electron chi connectivity index (χ1n) is 9.80. The minimum atomic E-state index is -0.210. The van der Waals surface area contributed by atoms with Gasteiger partial charge in [0.25, 0.3) is 0 Å². The number of amides is 1. The minimum absolute atomic E-state index is 0.110. The quantitative estimate of drug-likeness (QED) is 0.810. The summed E-state index contributed by atoms with van der Waals surface area (Å²) in [4.78, 5) is 25.9. The lowest BCUT2D eigenvalue weighted by atomic mass is 10.0. The van der Waals surface area contributed by atoms with E-state index < -0.39 is 0 Å². The number of anilines is 1. The van der Waals surface area contributed by atoms with Crippen molar-refractivity contribution in [1.29, 1.82) is 0 Å². The van der Waals surface area contributed by atoms with Gasteiger partial charge >= 0.3 is 0 Å². The van der Waals surface area contributed by atoms with Crippen LogP contribution in [0.15, 0.2) is 24.4 Å². The zero-order chi connectivity index (χ0) is 19.5. The number of fused-ring (bicyclic) bond motifs is 1. The van der Waals surface area contributed by atoms with Crippen LogP contribution in [-0.2, 0) is 28.9 Å². The fourth-order valence-corrected chi connectivity index (χ4v) is 3.69. The highest BCUT2D eigenvalue weighted by Gasteiger charge is 2.23. The highest BCUT2D eigenvalue weighted by molar-refractivity contribution is 5.76. The van der Waals surface area contributed by atoms with Crippen LogP contribution in [-0.4, -0.2) is 53.6 Å². The summed E-state index contributed by atoms with van der Waals surface area (Å²) in [7, 11) is 0. The van der Waals surface area contributed by atoms with Gasteiger partial charge in [-0.3, -0.25) is 4.79 Å². The highest BCUT2D eigenvalue weighted by atomic mass is 19.1. The number of rotatable bonds is 4. The topological polar surface area (TPSA) is 58.6 Å². The van der Waals surface area contributed by atoms with Crippen LogP contribution in [0, 0.1) is 12.7 Å². The van der Waals surface area contributed by atoms with Crippen molar-refractivity contribution in [2.75, 3.05) is 37.7 Å². The number of hydrogen-bond acceptors (Lipinski definition) is 5. The van der Waals surface area contributed by atoms with Crippen LogP contribution in [0.4, 0.5) is 10.3 Å². The maximum atomic E-state index is 13.4. The molecule has 148 valence electrons. The molecule has 3 heterocycles. The Morgan fingerprint density at radius 1 is 1.25 bits per heavy atom. The summed E-state index contributed by atoms with van der Waals surface area (Å²) in [6.45, 7) is 5.91. The molecule has 0 N–H and O–H groups in total. The van der Waals surface area contributed by atoms with Crippen molar-refractivity contribution in [1.82, 2.24) is 14.9 Å². The average Bonchev–Trinajstić information content (AvgIpc) is 2.74. The molecule has 1 amide bonds. The van der Waals surface area contributed by atoms with Gasteiger partial charge in [-0.1, -0.05) is 12.1 Å². The van der Waals surface area contributed by atoms with Gasteiger partial charge < -0.3 is 14.5 Å². The SMILES string of the molecule is Cc1cc(CCC(=O)N2CCc3cnc(N4CCOCC4)nc3C2)ccc1F. The van der Waals surface area contributed by atoms with Crippen molar-refractivity contribution in [3.05, 3.63) is 52.6 Å². The first-order chi connectivity index (χ1) is 13.6. The number of halogens is 1. The lowest BCUT2D eigenvalue weighted by Crippen LogP contribution is -2.39. The molecule has 0 radical (unpaired) electrons. The number of aryl methyl sites for hydroxylation is 2. The molecule has 0 saturated carbocycles. The van der Waals surface area contributed by atoms with Crippen LogP contribution in [0.2, 0.25) is 0 Å². The molecule has 28 heavy (non-hydrogen) atoms. The zero-order valence-electron chi connectivity index (χ0n) is 16.2. The second-order valence-electron chi connectivity index (χ2n) is 7.39. The average molecular weight is 384 g/mol. The fourth-order valence-electron chi connectivity index (χ4n) is 3.69. The Hall–Kier alpha value is -2.54. The number of ether oxygens (including phenoxy) is 1. The number of morpholine rings is 1. The summed E-state index contributed by atoms with van der Waals surface area (Å²) in [6.07, 6.45) is 3.71. The van der Waals surface area contributed by atoms with Gasteiger partial charge in [-0.05, 0) is 42.5 Å². The summed E-state index contributed by atoms with van der Waals surface area (Å²) in [5.74, 6) is 0.621. The maximum absolute atomic E-state index is 13.4. The second kappa shape index (κ2) is 8.22. The van der Waals surface area contributed by atoms with Crippen molar-refractivity contribution in [2.24, 2.45) is 0 Å². The third-order valence-corrected chi connectivity index (χ3v) is 5.43. The first kappa shape index (κ1) is 18.8. The number of aromatic nitrogens is 2. The summed E-state index contributed by atoms with van der Waals surface area (Å²) >= 11 is 0. The molecule has 6 nitrogen and oxygen atoms in total. The van der Waals surface area contributed by atoms with Crippen LogP contribution >= 0.6 is 0 Å². The van der Waals surface area contributed by atoms with Crippen molar-refractivity contribution in [2.45, 2.75) is 32.7 Å². The predicted molar refractivity (Wildman–Crippen MR) is 104 cm³/mol. The Balaban J connectivity index is 1.39. The summed E-state index contributed by atoms with van der Waals surface area (Å²) in [5, 5.41) is 0. The molecule has 1 saturated heterocycles. The molecule has 0 aliphatic carbocycles. The van der Waals surface area contributed by atoms with E-state index in [1.807, 2.05) is 17.2 Å². The standard InChI is InChI=1S/C21H25FN4O2/c1-15-12-16(2-4-18(15)22)3-5-20(27)26-7-6-17-13-23-21(24-19(17)14-26)25-8-10-28-11-9-25/h2,4,12-13H,3,5-11,14H2,1H3. The predicted octanol–water partition coefficient (Wildman–Crippen LogP) is 2.28. The normalized spacial score (nSPS) is 16.8. The van der Waals surface area contributed by atoms with Gasteiger partial charge in [0.2, 0.25) is 11.9 Å². The molecule has 0 unspecified atom stereocenters. The molecular formula is C21H25FN4O2. The van der Waals surface area contributed by atoms with Crippen LogP contribution in [0.25, 0.3) is 0 Å². The van der Waals surface area contributed by atoms with Gasteiger partial charge in [-0.25, -0.2) is 14.4 Å². The molecule has 1 aromatic carbocycles. The van der Waals surface area contributed by atoms with E-state index in [9.17, 15) is 9.18 Å². The largest absolute Gasteiger partial charge is 0.378 e. The van der Waals surface area contributed by atoms with Gasteiger partial charge in [-0.2, -0.15) is 0 Å². The highest BCUT2D eigenvalue weighted by Crippen LogP contribution is 2.21. The van der Waals surface area contributed by atoms with E-state index >= 15 is 0 Å². The molecule has 0 atom stereocenters. The van der Waals surface area contributed by atoms with Crippen LogP contribution in [0.1, 0.15) is 28.8 Å². The summed E-state index contributed by atoms with van der Waals surface area (Å²) in [5.41, 5.74) is 3.66. The molecule has 2 aliphatic heterocycles. The van der Waals surface area contributed by atoms with E-state index in [0.29, 0.717) is 44.7 Å². The minimum Gasteiger partial charge on any atom is -0.378 e. The van der Waals surface area contributed by atoms with E-state index in [4.69, 9.17) is 9.72 Å². The monoisotopic (exact) mass is 384 g/mol. The van der Waals surface area contributed by atoms with Crippen molar-refractivity contribution >= 4 is 11.9 Å². The molecule has 1 aromatic heterocycles. The Kier molecular flexibility index (Phi) is 5.52. The Morgan fingerprint density at radius 2 is 2.07 bits per heavy atom. The van der Waals surface area contributed by atoms with Gasteiger partial charge in [0.15, 0.2) is 0 Å². The van der Waals surface area contributed by atoms with Gasteiger partial charge in [-0.15, -0.1) is 0 Å². The first-order valence-corrected chi connectivity index (χ1v) is 9.80. The van der Waals surface area contributed by atoms with Crippen molar-refractivity contribution in [3.8, 4) is 0 Å². The third-order valence-electron chi connectivity index (χ3n) is 5.43. The molecule has 4 rings (SSSR count). The van der Waals surface area contributed by atoms with E-state index in [1.54, 1.807) is 13.0 Å². The Morgan fingerprint density at radius 3 is 2.86 bits per heavy atom. The molecule has 2 aliphatic rings. The fraction of sp³-hybridized carbons (Fsp3) is 0.476. The van der Waals surface area contributed by atoms with Crippen molar-refractivity contribution in [3.63, 3.8) is 0 Å². The summed E-state index contributed by atoms with van der Waals surface area (Å²) in [6, 6.07) is 5.04. The Bertz CT molecular complexity index is 867. The van der Waals surface area contributed by atoms with E-state index in [1.165, 1.54) is 6.07 Å². The second-order valence-corrected chi connectivity index (χ2v) is 7.39. The summed E-state index contributed by atoms with van der Waals surface area (Å²) < 4.78 is 18.8. The number of hydrogen-bond donors (Lipinski definition) is 0. The van der Waals surface area contributed by atoms with Crippen LogP contribution in [0.3, 0.4) is 0 Å². The van der Waals surface area contributed by atoms with E-state index in [2.05, 4.69) is 9.88 Å². The molecular weight excluding hydrogens is 359 g/mol. The van der Waals surface area contributed by atoms with E-state index in [-0.39, 0.29) is 11.7 Å². The molecule has 2 aromatic rings. The molecule has 1 fully saturated rings. The molecule has 0 bridgehead atoms. The lowest BCUT2D eigenvalue weighted by Gasteiger charge is -2.30. The number of benzene rings is 1. The van der Waals surface area contributed by atoms with E-state index in [0.717, 1.165) is 42.3 Å². The molecule has 0 spiro atoms. The van der Waals surface area contributed by atoms with Gasteiger partial charge in [0.05, 0.1) is 25.5 Å². The van der Waals surface area contributed by atoms with Crippen molar-refractivity contribution < 1.29 is 13.9 Å². The third kappa shape index (κ3) is 4.14. The number of carbonyl (C=O) groups excluding carboxylic acids is 1.